The summed E-state index contributed by atoms with van der Waals surface area (Å²) in [6.45, 7) is 1.09. The van der Waals surface area contributed by atoms with E-state index in [2.05, 4.69) is 47.1 Å². The number of nitrogens with one attached hydrogen (secondary N) is 1. The van der Waals surface area contributed by atoms with Crippen molar-refractivity contribution < 1.29 is 18.6 Å². The van der Waals surface area contributed by atoms with Crippen molar-refractivity contribution in [1.29, 1.82) is 0 Å². The molecule has 45 heavy (non-hydrogen) atoms. The summed E-state index contributed by atoms with van der Waals surface area (Å²) in [5.41, 5.74) is 14.6. The molecule has 0 atom stereocenters. The van der Waals surface area contributed by atoms with Crippen LogP contribution in [-0.4, -0.2) is 56.1 Å². The number of amides is 1. The molecular weight excluding hydrogens is 596 g/mol. The van der Waals surface area contributed by atoms with Gasteiger partial charge in [0.25, 0.3) is 11.1 Å². The van der Waals surface area contributed by atoms with Gasteiger partial charge in [-0.2, -0.15) is 9.78 Å². The van der Waals surface area contributed by atoms with Gasteiger partial charge in [0.05, 0.1) is 25.6 Å². The first-order valence-corrected chi connectivity index (χ1v) is 14.9. The molecule has 0 aliphatic carbocycles. The second-order valence-electron chi connectivity index (χ2n) is 10.1. The van der Waals surface area contributed by atoms with E-state index < -0.39 is 5.91 Å². The van der Waals surface area contributed by atoms with Crippen molar-refractivity contribution in [2.24, 2.45) is 5.10 Å². The minimum Gasteiger partial charge on any atom is -0.496 e. The van der Waals surface area contributed by atoms with E-state index in [1.807, 2.05) is 60.7 Å². The second-order valence-corrected chi connectivity index (χ2v) is 11.0. The van der Waals surface area contributed by atoms with E-state index in [1.54, 1.807) is 13.3 Å². The summed E-state index contributed by atoms with van der Waals surface area (Å²) in [4.78, 5) is 20.0. The molecule has 7 rings (SSSR count). The molecule has 0 spiro atoms. The maximum atomic E-state index is 13.4. The Kier molecular flexibility index (Phi) is 7.57. The molecule has 3 aromatic carbocycles. The summed E-state index contributed by atoms with van der Waals surface area (Å²) in [5, 5.41) is 20.6. The molecule has 0 unspecified atom stereocenters. The standard InChI is InChI=1S/C30H26N10O4S/c1-42-24-11-10-18(14-20(24)17-45-30-33-21-7-3-5-9-25(21)43-30)15-32-35-29(41)26-23(40(38-34-26)28-27(31)36-44-37-28)16-39-13-12-19-6-2-4-8-22(19)39/h2-11,14-15H,12-13,16-17H2,1H3,(H2,31,36)(H,35,41)/b32-15+. The molecule has 3 aromatic heterocycles. The zero-order valence-corrected chi connectivity index (χ0v) is 24.8. The van der Waals surface area contributed by atoms with Gasteiger partial charge in [-0.15, -0.1) is 5.10 Å². The van der Waals surface area contributed by atoms with E-state index in [-0.39, 0.29) is 17.3 Å². The molecule has 6 aromatic rings. The third-order valence-electron chi connectivity index (χ3n) is 7.31. The number of hydrogen-bond acceptors (Lipinski definition) is 13. The van der Waals surface area contributed by atoms with Crippen LogP contribution in [0.5, 0.6) is 5.75 Å². The minimum atomic E-state index is -0.546. The van der Waals surface area contributed by atoms with Gasteiger partial charge in [0.15, 0.2) is 11.3 Å². The van der Waals surface area contributed by atoms with Crippen molar-refractivity contribution in [3.05, 3.63) is 94.8 Å². The van der Waals surface area contributed by atoms with Gasteiger partial charge in [0, 0.05) is 23.5 Å². The smallest absolute Gasteiger partial charge is 0.293 e. The molecule has 0 fully saturated rings. The maximum Gasteiger partial charge on any atom is 0.293 e. The predicted molar refractivity (Wildman–Crippen MR) is 166 cm³/mol. The molecule has 1 aliphatic heterocycles. The average Bonchev–Trinajstić information content (AvgIpc) is 3.86. The van der Waals surface area contributed by atoms with Crippen LogP contribution in [0.4, 0.5) is 11.5 Å². The normalized spacial score (nSPS) is 12.7. The quantitative estimate of drug-likeness (QED) is 0.128. The Morgan fingerprint density at radius 2 is 2.02 bits per heavy atom. The summed E-state index contributed by atoms with van der Waals surface area (Å²) in [7, 11) is 1.62. The number of thioether (sulfide) groups is 1. The number of hydrazone groups is 1. The SMILES string of the molecule is COc1ccc(/C=N/NC(=O)c2nnn(-c3nonc3N)c2CN2CCc3ccccc32)cc1CSc1nc2ccccc2o1. The number of rotatable bonds is 10. The third kappa shape index (κ3) is 5.68. The van der Waals surface area contributed by atoms with Gasteiger partial charge in [0.2, 0.25) is 11.6 Å². The monoisotopic (exact) mass is 622 g/mol. The van der Waals surface area contributed by atoms with Gasteiger partial charge in [-0.25, -0.2) is 15.0 Å². The Balaban J connectivity index is 1.08. The number of benzene rings is 3. The molecular formula is C30H26N10O4S. The predicted octanol–water partition coefficient (Wildman–Crippen LogP) is 4.00. The lowest BCUT2D eigenvalue weighted by atomic mass is 10.1. The van der Waals surface area contributed by atoms with E-state index in [1.165, 1.54) is 22.0 Å². The summed E-state index contributed by atoms with van der Waals surface area (Å²) in [6, 6.07) is 21.4. The van der Waals surface area contributed by atoms with Crippen molar-refractivity contribution in [2.75, 3.05) is 24.3 Å². The molecule has 1 aliphatic rings. The van der Waals surface area contributed by atoms with Crippen LogP contribution in [-0.2, 0) is 18.7 Å². The fourth-order valence-corrected chi connectivity index (χ4v) is 5.96. The highest BCUT2D eigenvalue weighted by molar-refractivity contribution is 7.98. The first-order chi connectivity index (χ1) is 22.1. The molecule has 0 radical (unpaired) electrons. The van der Waals surface area contributed by atoms with Crippen LogP contribution in [0.1, 0.15) is 32.9 Å². The van der Waals surface area contributed by atoms with Gasteiger partial charge >= 0.3 is 0 Å². The van der Waals surface area contributed by atoms with E-state index in [0.29, 0.717) is 29.0 Å². The number of anilines is 2. The van der Waals surface area contributed by atoms with Gasteiger partial charge in [-0.1, -0.05) is 47.3 Å². The molecule has 0 saturated heterocycles. The zero-order chi connectivity index (χ0) is 30.8. The van der Waals surface area contributed by atoms with Crippen molar-refractivity contribution in [3.63, 3.8) is 0 Å². The summed E-state index contributed by atoms with van der Waals surface area (Å²) in [5.74, 6) is 0.892. The number of methoxy groups -OCH3 is 1. The largest absolute Gasteiger partial charge is 0.496 e. The van der Waals surface area contributed by atoms with E-state index in [4.69, 9.17) is 19.5 Å². The van der Waals surface area contributed by atoms with Crippen LogP contribution >= 0.6 is 11.8 Å². The maximum absolute atomic E-state index is 13.4. The lowest BCUT2D eigenvalue weighted by molar-refractivity contribution is 0.0949. The fourth-order valence-electron chi connectivity index (χ4n) is 5.14. The molecule has 0 saturated carbocycles. The number of oxazole rings is 1. The topological polar surface area (TPSA) is 176 Å². The highest BCUT2D eigenvalue weighted by atomic mass is 32.2. The van der Waals surface area contributed by atoms with Gasteiger partial charge in [-0.05, 0) is 64.3 Å². The Labute approximate surface area is 260 Å². The Morgan fingerprint density at radius 1 is 1.16 bits per heavy atom. The van der Waals surface area contributed by atoms with Crippen molar-refractivity contribution >= 4 is 46.5 Å². The fraction of sp³-hybridized carbons (Fsp3) is 0.167. The molecule has 15 heteroatoms. The molecule has 0 bridgehead atoms. The Bertz CT molecular complexity index is 2000. The number of nitrogen functional groups attached to an aromatic ring is 1. The summed E-state index contributed by atoms with van der Waals surface area (Å²) < 4.78 is 17.5. The minimum absolute atomic E-state index is 0.0255. The third-order valence-corrected chi connectivity index (χ3v) is 8.18. The highest BCUT2D eigenvalue weighted by Gasteiger charge is 2.28. The number of hydrogen-bond donors (Lipinski definition) is 2. The number of ether oxygens (including phenoxy) is 1. The van der Waals surface area contributed by atoms with Crippen molar-refractivity contribution in [3.8, 4) is 11.6 Å². The van der Waals surface area contributed by atoms with Crippen LogP contribution < -0.4 is 20.8 Å². The average molecular weight is 623 g/mol. The number of nitrogens with two attached hydrogens (primary N) is 1. The molecule has 3 N–H and O–H groups in total. The number of aromatic nitrogens is 6. The highest BCUT2D eigenvalue weighted by Crippen LogP contribution is 2.31. The van der Waals surface area contributed by atoms with Crippen molar-refractivity contribution in [1.82, 2.24) is 35.7 Å². The van der Waals surface area contributed by atoms with Crippen LogP contribution in [0.15, 0.2) is 86.1 Å². The van der Waals surface area contributed by atoms with Gasteiger partial charge in [0.1, 0.15) is 11.3 Å². The van der Waals surface area contributed by atoms with Crippen LogP contribution in [0, 0.1) is 0 Å². The number of carbonyl (C=O) groups is 1. The zero-order valence-electron chi connectivity index (χ0n) is 24.0. The van der Waals surface area contributed by atoms with Crippen LogP contribution in [0.2, 0.25) is 0 Å². The summed E-state index contributed by atoms with van der Waals surface area (Å²) >= 11 is 1.46. The number of carbonyl (C=O) groups excluding carboxylic acids is 1. The van der Waals surface area contributed by atoms with Gasteiger partial charge in [-0.3, -0.25) is 4.79 Å². The molecule has 1 amide bonds. The van der Waals surface area contributed by atoms with E-state index >= 15 is 0 Å². The number of para-hydroxylation sites is 3. The lowest BCUT2D eigenvalue weighted by Gasteiger charge is -2.19. The number of fused-ring (bicyclic) bond motifs is 2. The van der Waals surface area contributed by atoms with E-state index in [0.717, 1.165) is 40.9 Å². The van der Waals surface area contributed by atoms with Crippen LogP contribution in [0.25, 0.3) is 16.9 Å². The molecule has 226 valence electrons. The Hall–Kier alpha value is -5.70. The molecule has 4 heterocycles. The van der Waals surface area contributed by atoms with Crippen molar-refractivity contribution in [2.45, 2.75) is 23.9 Å². The first kappa shape index (κ1) is 28.1. The Morgan fingerprint density at radius 3 is 2.87 bits per heavy atom. The second kappa shape index (κ2) is 12.1. The summed E-state index contributed by atoms with van der Waals surface area (Å²) in [6.07, 6.45) is 2.43. The number of nitrogens with zero attached hydrogens (tertiary/aromatic N) is 8. The molecule has 14 nitrogen and oxygen atoms in total. The van der Waals surface area contributed by atoms with Crippen LogP contribution in [0.3, 0.4) is 0 Å². The first-order valence-electron chi connectivity index (χ1n) is 13.9. The van der Waals surface area contributed by atoms with E-state index in [9.17, 15) is 4.79 Å². The van der Waals surface area contributed by atoms with Gasteiger partial charge < -0.3 is 19.8 Å². The lowest BCUT2D eigenvalue weighted by Crippen LogP contribution is -2.26.